The van der Waals surface area contributed by atoms with Gasteiger partial charge < -0.3 is 5.32 Å². The van der Waals surface area contributed by atoms with Crippen molar-refractivity contribution in [1.29, 1.82) is 0 Å². The summed E-state index contributed by atoms with van der Waals surface area (Å²) in [4.78, 5) is 11.9. The van der Waals surface area contributed by atoms with E-state index in [1.165, 1.54) is 11.6 Å². The first-order valence-corrected chi connectivity index (χ1v) is 7.81. The first kappa shape index (κ1) is 16.3. The molecule has 0 spiro atoms. The van der Waals surface area contributed by atoms with Gasteiger partial charge in [-0.1, -0.05) is 49.7 Å². The maximum atomic E-state index is 11.9. The second kappa shape index (κ2) is 7.81. The molecule has 22 heavy (non-hydrogen) atoms. The summed E-state index contributed by atoms with van der Waals surface area (Å²) >= 11 is 5.82. The molecule has 0 radical (unpaired) electrons. The van der Waals surface area contributed by atoms with E-state index in [4.69, 9.17) is 11.6 Å². The number of halogens is 1. The van der Waals surface area contributed by atoms with Crippen LogP contribution in [0.2, 0.25) is 5.02 Å². The van der Waals surface area contributed by atoms with Crippen LogP contribution in [0.15, 0.2) is 54.6 Å². The molecule has 3 heteroatoms. The lowest BCUT2D eigenvalue weighted by Gasteiger charge is -2.09. The Balaban J connectivity index is 1.95. The normalized spacial score (nSPS) is 12.3. The topological polar surface area (TPSA) is 29.1 Å². The monoisotopic (exact) mass is 313 g/mol. The van der Waals surface area contributed by atoms with E-state index in [-0.39, 0.29) is 5.91 Å². The lowest BCUT2D eigenvalue weighted by molar-refractivity contribution is -0.111. The summed E-state index contributed by atoms with van der Waals surface area (Å²) in [5, 5.41) is 3.54. The van der Waals surface area contributed by atoms with Crippen molar-refractivity contribution >= 4 is 29.3 Å². The van der Waals surface area contributed by atoms with Gasteiger partial charge in [0.25, 0.3) is 0 Å². The molecule has 0 unspecified atom stereocenters. The molecular weight excluding hydrogens is 294 g/mol. The van der Waals surface area contributed by atoms with E-state index in [0.29, 0.717) is 10.9 Å². The molecule has 2 aromatic rings. The Morgan fingerprint density at radius 2 is 1.77 bits per heavy atom. The van der Waals surface area contributed by atoms with E-state index in [2.05, 4.69) is 31.3 Å². The van der Waals surface area contributed by atoms with E-state index in [0.717, 1.165) is 17.7 Å². The average Bonchev–Trinajstić information content (AvgIpc) is 2.54. The van der Waals surface area contributed by atoms with Crippen molar-refractivity contribution in [3.05, 3.63) is 70.8 Å². The summed E-state index contributed by atoms with van der Waals surface area (Å²) in [5.74, 6) is 0.390. The highest BCUT2D eigenvalue weighted by Gasteiger charge is 2.03. The molecule has 1 atom stereocenters. The standard InChI is InChI=1S/C19H20ClNO/c1-3-14(2)16-7-11-18(12-8-16)21-19(22)13-6-15-4-9-17(20)10-5-15/h4-14H,3H2,1-2H3,(H,21,22)/b13-6+/t14-/m0/s1. The van der Waals surface area contributed by atoms with Gasteiger partial charge in [0.1, 0.15) is 0 Å². The van der Waals surface area contributed by atoms with Gasteiger partial charge in [0.15, 0.2) is 0 Å². The summed E-state index contributed by atoms with van der Waals surface area (Å²) in [6, 6.07) is 15.3. The Labute approximate surface area is 136 Å². The molecule has 0 aliphatic carbocycles. The van der Waals surface area contributed by atoms with Crippen molar-refractivity contribution in [2.24, 2.45) is 0 Å². The number of hydrogen-bond donors (Lipinski definition) is 1. The molecule has 2 nitrogen and oxygen atoms in total. The van der Waals surface area contributed by atoms with Crippen LogP contribution >= 0.6 is 11.6 Å². The highest BCUT2D eigenvalue weighted by molar-refractivity contribution is 6.30. The highest BCUT2D eigenvalue weighted by atomic mass is 35.5. The zero-order valence-electron chi connectivity index (χ0n) is 12.8. The molecule has 0 saturated carbocycles. The smallest absolute Gasteiger partial charge is 0.248 e. The second-order valence-electron chi connectivity index (χ2n) is 5.31. The predicted octanol–water partition coefficient (Wildman–Crippen LogP) is 5.51. The summed E-state index contributed by atoms with van der Waals surface area (Å²) in [7, 11) is 0. The molecule has 2 aromatic carbocycles. The van der Waals surface area contributed by atoms with Crippen molar-refractivity contribution in [1.82, 2.24) is 0 Å². The zero-order chi connectivity index (χ0) is 15.9. The van der Waals surface area contributed by atoms with Crippen LogP contribution in [0.1, 0.15) is 37.3 Å². The lowest BCUT2D eigenvalue weighted by Crippen LogP contribution is -2.07. The summed E-state index contributed by atoms with van der Waals surface area (Å²) < 4.78 is 0. The van der Waals surface area contributed by atoms with Crippen LogP contribution < -0.4 is 5.32 Å². The first-order chi connectivity index (χ1) is 10.6. The Bertz CT molecular complexity index is 644. The van der Waals surface area contributed by atoms with Crippen molar-refractivity contribution in [3.63, 3.8) is 0 Å². The van der Waals surface area contributed by atoms with Crippen LogP contribution in [0, 0.1) is 0 Å². The van der Waals surface area contributed by atoms with E-state index >= 15 is 0 Å². The number of benzene rings is 2. The number of carbonyl (C=O) groups is 1. The molecule has 1 amide bonds. The van der Waals surface area contributed by atoms with Gasteiger partial charge in [0.2, 0.25) is 5.91 Å². The predicted molar refractivity (Wildman–Crippen MR) is 94.3 cm³/mol. The first-order valence-electron chi connectivity index (χ1n) is 7.43. The summed E-state index contributed by atoms with van der Waals surface area (Å²) in [5.41, 5.74) is 3.03. The number of rotatable bonds is 5. The molecule has 0 aliphatic rings. The quantitative estimate of drug-likeness (QED) is 0.725. The van der Waals surface area contributed by atoms with E-state index in [1.807, 2.05) is 24.3 Å². The SMILES string of the molecule is CC[C@H](C)c1ccc(NC(=O)/C=C/c2ccc(Cl)cc2)cc1. The Morgan fingerprint density at radius 3 is 2.36 bits per heavy atom. The second-order valence-corrected chi connectivity index (χ2v) is 5.74. The van der Waals surface area contributed by atoms with Crippen molar-refractivity contribution in [2.75, 3.05) is 5.32 Å². The van der Waals surface area contributed by atoms with Gasteiger partial charge in [-0.25, -0.2) is 0 Å². The summed E-state index contributed by atoms with van der Waals surface area (Å²) in [6.07, 6.45) is 4.39. The fourth-order valence-electron chi connectivity index (χ4n) is 2.06. The Hall–Kier alpha value is -2.06. The molecule has 1 N–H and O–H groups in total. The van der Waals surface area contributed by atoms with Gasteiger partial charge in [-0.15, -0.1) is 0 Å². The molecule has 0 heterocycles. The van der Waals surface area contributed by atoms with Gasteiger partial charge in [-0.3, -0.25) is 4.79 Å². The van der Waals surface area contributed by atoms with E-state index in [1.54, 1.807) is 18.2 Å². The molecule has 0 aliphatic heterocycles. The summed E-state index contributed by atoms with van der Waals surface area (Å²) in [6.45, 7) is 4.37. The third-order valence-electron chi connectivity index (χ3n) is 3.66. The van der Waals surface area contributed by atoms with Crippen LogP contribution in [-0.2, 0) is 4.79 Å². The Kier molecular flexibility index (Phi) is 5.79. The van der Waals surface area contributed by atoms with Crippen LogP contribution in [0.5, 0.6) is 0 Å². The van der Waals surface area contributed by atoms with Crippen LogP contribution in [0.3, 0.4) is 0 Å². The molecule has 0 saturated heterocycles. The molecule has 0 bridgehead atoms. The van der Waals surface area contributed by atoms with Gasteiger partial charge in [-0.05, 0) is 53.8 Å². The van der Waals surface area contributed by atoms with Crippen molar-refractivity contribution < 1.29 is 4.79 Å². The van der Waals surface area contributed by atoms with Gasteiger partial charge in [0, 0.05) is 16.8 Å². The van der Waals surface area contributed by atoms with Gasteiger partial charge in [-0.2, -0.15) is 0 Å². The van der Waals surface area contributed by atoms with Crippen LogP contribution in [-0.4, -0.2) is 5.91 Å². The zero-order valence-corrected chi connectivity index (χ0v) is 13.6. The van der Waals surface area contributed by atoms with Crippen LogP contribution in [0.25, 0.3) is 6.08 Å². The Morgan fingerprint density at radius 1 is 1.14 bits per heavy atom. The number of nitrogens with one attached hydrogen (secondary N) is 1. The average molecular weight is 314 g/mol. The lowest BCUT2D eigenvalue weighted by atomic mass is 9.99. The minimum absolute atomic E-state index is 0.147. The number of hydrogen-bond acceptors (Lipinski definition) is 1. The number of carbonyl (C=O) groups excluding carboxylic acids is 1. The minimum Gasteiger partial charge on any atom is -0.323 e. The molecule has 0 aromatic heterocycles. The van der Waals surface area contributed by atoms with E-state index < -0.39 is 0 Å². The number of anilines is 1. The fourth-order valence-corrected chi connectivity index (χ4v) is 2.19. The van der Waals surface area contributed by atoms with E-state index in [9.17, 15) is 4.79 Å². The van der Waals surface area contributed by atoms with Crippen LogP contribution in [0.4, 0.5) is 5.69 Å². The minimum atomic E-state index is -0.147. The van der Waals surface area contributed by atoms with Gasteiger partial charge >= 0.3 is 0 Å². The molecular formula is C19H20ClNO. The fraction of sp³-hybridized carbons (Fsp3) is 0.211. The molecule has 0 fully saturated rings. The third kappa shape index (κ3) is 4.74. The maximum absolute atomic E-state index is 11.9. The van der Waals surface area contributed by atoms with Crippen molar-refractivity contribution in [2.45, 2.75) is 26.2 Å². The van der Waals surface area contributed by atoms with Crippen molar-refractivity contribution in [3.8, 4) is 0 Å². The highest BCUT2D eigenvalue weighted by Crippen LogP contribution is 2.20. The third-order valence-corrected chi connectivity index (χ3v) is 3.91. The number of amides is 1. The maximum Gasteiger partial charge on any atom is 0.248 e. The molecule has 2 rings (SSSR count). The van der Waals surface area contributed by atoms with Gasteiger partial charge in [0.05, 0.1) is 0 Å². The molecule has 114 valence electrons. The largest absolute Gasteiger partial charge is 0.323 e.